The summed E-state index contributed by atoms with van der Waals surface area (Å²) in [6, 6.07) is 10.8. The summed E-state index contributed by atoms with van der Waals surface area (Å²) in [5, 5.41) is 11.9. The van der Waals surface area contributed by atoms with Gasteiger partial charge in [-0.05, 0) is 55.3 Å². The quantitative estimate of drug-likeness (QED) is 0.261. The number of thioether (sulfide) groups is 1. The number of rotatable bonds is 9. The second kappa shape index (κ2) is 10.9. The standard InChI is InChI=1S/C25H25ClN2O5S3/c1-3-16(12-23-27(4-2)19-14-17(25(29)30)6-8-21(19)34-23)13-24-28(10-5-11-36(31,32)33)20-15-18(26)7-9-22(20)35-24/h6-9,12-15H,3-5,10-11H2,1-2H3,(H-,29,30,31,32,33). The second-order valence-electron chi connectivity index (χ2n) is 8.21. The van der Waals surface area contributed by atoms with Crippen LogP contribution in [0.2, 0.25) is 5.02 Å². The number of aromatic nitrogens is 1. The number of aromatic carboxylic acids is 1. The van der Waals surface area contributed by atoms with E-state index in [-0.39, 0.29) is 12.0 Å². The molecule has 0 radical (unpaired) electrons. The van der Waals surface area contributed by atoms with Crippen molar-refractivity contribution in [3.8, 4) is 0 Å². The van der Waals surface area contributed by atoms with Crippen LogP contribution in [0, 0.1) is 0 Å². The Morgan fingerprint density at radius 3 is 2.67 bits per heavy atom. The molecule has 1 N–H and O–H groups in total. The monoisotopic (exact) mass is 564 g/mol. The van der Waals surface area contributed by atoms with Crippen molar-refractivity contribution in [2.75, 3.05) is 17.2 Å². The highest BCUT2D eigenvalue weighted by Gasteiger charge is 2.26. The maximum Gasteiger partial charge on any atom is 0.335 e. The molecule has 0 unspecified atom stereocenters. The Bertz CT molecular complexity index is 1490. The Morgan fingerprint density at radius 2 is 2.00 bits per heavy atom. The Kier molecular flexibility index (Phi) is 8.11. The first kappa shape index (κ1) is 26.7. The van der Waals surface area contributed by atoms with Gasteiger partial charge in [0.1, 0.15) is 4.70 Å². The number of hydrogen-bond acceptors (Lipinski definition) is 7. The van der Waals surface area contributed by atoms with Crippen LogP contribution in [-0.4, -0.2) is 36.3 Å². The average Bonchev–Trinajstić information content (AvgIpc) is 3.34. The van der Waals surface area contributed by atoms with Gasteiger partial charge >= 0.3 is 5.97 Å². The smallest absolute Gasteiger partial charge is 0.335 e. The molecule has 1 aromatic heterocycles. The highest BCUT2D eigenvalue weighted by molar-refractivity contribution is 8.03. The molecule has 0 spiro atoms. The molecule has 7 nitrogen and oxygen atoms in total. The number of allylic oxidation sites excluding steroid dienone is 2. The van der Waals surface area contributed by atoms with Crippen LogP contribution in [0.4, 0.5) is 5.69 Å². The fourth-order valence-corrected chi connectivity index (χ4v) is 7.02. The summed E-state index contributed by atoms with van der Waals surface area (Å²) in [7, 11) is -4.29. The minimum atomic E-state index is -4.29. The first-order valence-electron chi connectivity index (χ1n) is 11.4. The number of carboxylic acids is 1. The van der Waals surface area contributed by atoms with Gasteiger partial charge in [-0.25, -0.2) is 13.2 Å². The van der Waals surface area contributed by atoms with Gasteiger partial charge in [0.05, 0.1) is 26.4 Å². The molecule has 1 aliphatic heterocycles. The van der Waals surface area contributed by atoms with E-state index in [2.05, 4.69) is 24.0 Å². The van der Waals surface area contributed by atoms with Crippen LogP contribution >= 0.6 is 34.7 Å². The van der Waals surface area contributed by atoms with E-state index in [9.17, 15) is 22.9 Å². The molecule has 3 aromatic rings. The molecule has 2 aromatic carbocycles. The average molecular weight is 565 g/mol. The molecule has 1 aliphatic rings. The van der Waals surface area contributed by atoms with Crippen molar-refractivity contribution >= 4 is 72.8 Å². The van der Waals surface area contributed by atoms with Gasteiger partial charge in [0.2, 0.25) is 5.52 Å². The van der Waals surface area contributed by atoms with E-state index in [1.54, 1.807) is 35.2 Å². The lowest BCUT2D eigenvalue weighted by Crippen LogP contribution is -2.36. The van der Waals surface area contributed by atoms with Crippen molar-refractivity contribution < 1.29 is 27.4 Å². The van der Waals surface area contributed by atoms with Gasteiger partial charge in [-0.2, -0.15) is 4.57 Å². The minimum Gasteiger partial charge on any atom is -0.748 e. The predicted octanol–water partition coefficient (Wildman–Crippen LogP) is 5.74. The molecule has 0 aliphatic carbocycles. The fraction of sp³-hybridized carbons (Fsp3) is 0.280. The van der Waals surface area contributed by atoms with Crippen molar-refractivity contribution in [1.29, 1.82) is 0 Å². The lowest BCUT2D eigenvalue weighted by Gasteiger charge is -2.18. The third-order valence-electron chi connectivity index (χ3n) is 5.79. The predicted molar refractivity (Wildman–Crippen MR) is 145 cm³/mol. The Labute approximate surface area is 223 Å². The van der Waals surface area contributed by atoms with Crippen LogP contribution in [0.3, 0.4) is 0 Å². The van der Waals surface area contributed by atoms with Crippen molar-refractivity contribution in [2.45, 2.75) is 38.1 Å². The lowest BCUT2D eigenvalue weighted by atomic mass is 10.1. The fourth-order valence-electron chi connectivity index (χ4n) is 4.04. The van der Waals surface area contributed by atoms with Crippen LogP contribution in [0.15, 0.2) is 58.0 Å². The Hall–Kier alpha value is -2.37. The number of aryl methyl sites for hydroxylation is 1. The number of halogens is 1. The van der Waals surface area contributed by atoms with Gasteiger partial charge in [0.25, 0.3) is 5.01 Å². The van der Waals surface area contributed by atoms with Crippen molar-refractivity contribution in [2.24, 2.45) is 0 Å². The Balaban J connectivity index is 1.72. The highest BCUT2D eigenvalue weighted by atomic mass is 35.5. The number of carboxylic acid groups (broad SMARTS) is 1. The van der Waals surface area contributed by atoms with Crippen LogP contribution in [0.5, 0.6) is 0 Å². The summed E-state index contributed by atoms with van der Waals surface area (Å²) in [5.41, 5.74) is 3.09. The molecule has 4 rings (SSSR count). The first-order chi connectivity index (χ1) is 17.1. The van der Waals surface area contributed by atoms with E-state index in [4.69, 9.17) is 11.6 Å². The maximum absolute atomic E-state index is 11.5. The number of nitrogens with zero attached hydrogens (tertiary/aromatic N) is 2. The number of benzene rings is 2. The zero-order chi connectivity index (χ0) is 26.0. The topological polar surface area (TPSA) is 102 Å². The van der Waals surface area contributed by atoms with Crippen molar-refractivity contribution in [3.05, 3.63) is 68.7 Å². The third kappa shape index (κ3) is 5.95. The molecular formula is C25H25ClN2O5S3. The van der Waals surface area contributed by atoms with Gasteiger partial charge in [0.15, 0.2) is 6.54 Å². The van der Waals surface area contributed by atoms with E-state index in [0.29, 0.717) is 18.1 Å². The summed E-state index contributed by atoms with van der Waals surface area (Å²) in [5.74, 6) is -1.38. The molecule has 190 valence electrons. The molecule has 0 fully saturated rings. The van der Waals surface area contributed by atoms with E-state index >= 15 is 0 Å². The zero-order valence-corrected chi connectivity index (χ0v) is 22.9. The summed E-state index contributed by atoms with van der Waals surface area (Å²) in [6.07, 6.45) is 5.15. The summed E-state index contributed by atoms with van der Waals surface area (Å²) in [6.45, 7) is 5.16. The third-order valence-corrected chi connectivity index (χ3v) is 9.04. The van der Waals surface area contributed by atoms with Gasteiger partial charge in [0, 0.05) is 40.8 Å². The number of carbonyl (C=O) groups is 1. The maximum atomic E-state index is 11.5. The molecule has 2 heterocycles. The number of hydrogen-bond donors (Lipinski definition) is 1. The summed E-state index contributed by atoms with van der Waals surface area (Å²) >= 11 is 9.41. The Morgan fingerprint density at radius 1 is 1.22 bits per heavy atom. The molecule has 36 heavy (non-hydrogen) atoms. The molecular weight excluding hydrogens is 540 g/mol. The van der Waals surface area contributed by atoms with E-state index in [1.165, 1.54) is 0 Å². The van der Waals surface area contributed by atoms with Crippen molar-refractivity contribution in [1.82, 2.24) is 0 Å². The molecule has 0 bridgehead atoms. The van der Waals surface area contributed by atoms with E-state index in [1.807, 2.05) is 35.8 Å². The van der Waals surface area contributed by atoms with Gasteiger partial charge in [-0.3, -0.25) is 0 Å². The van der Waals surface area contributed by atoms with Crippen LogP contribution in [0.1, 0.15) is 42.1 Å². The van der Waals surface area contributed by atoms with E-state index < -0.39 is 21.8 Å². The minimum absolute atomic E-state index is 0.207. The van der Waals surface area contributed by atoms with E-state index in [0.717, 1.165) is 42.8 Å². The summed E-state index contributed by atoms with van der Waals surface area (Å²) < 4.78 is 36.5. The largest absolute Gasteiger partial charge is 0.748 e. The number of anilines is 1. The summed E-state index contributed by atoms with van der Waals surface area (Å²) in [4.78, 5) is 14.6. The number of thiazole rings is 1. The zero-order valence-electron chi connectivity index (χ0n) is 19.7. The van der Waals surface area contributed by atoms with Gasteiger partial charge in [-0.15, -0.1) is 0 Å². The van der Waals surface area contributed by atoms with Gasteiger partial charge in [-0.1, -0.05) is 41.6 Å². The SMILES string of the molecule is CCC(=Cc1sc2ccc(Cl)cc2[n+]1CCCS(=O)(=O)[O-])C=C1Sc2ccc(C(=O)O)cc2N1CC. The number of fused-ring (bicyclic) bond motifs is 2. The molecule has 0 saturated carbocycles. The molecule has 0 saturated heterocycles. The molecule has 11 heteroatoms. The van der Waals surface area contributed by atoms with Crippen molar-refractivity contribution in [3.63, 3.8) is 0 Å². The van der Waals surface area contributed by atoms with Gasteiger partial charge < -0.3 is 14.6 Å². The van der Waals surface area contributed by atoms with Crippen LogP contribution in [0.25, 0.3) is 16.3 Å². The molecule has 0 amide bonds. The van der Waals surface area contributed by atoms with Crippen LogP contribution < -0.4 is 9.47 Å². The second-order valence-corrected chi connectivity index (χ2v) is 12.3. The highest BCUT2D eigenvalue weighted by Crippen LogP contribution is 2.46. The lowest BCUT2D eigenvalue weighted by molar-refractivity contribution is -0.668. The first-order valence-corrected chi connectivity index (χ1v) is 15.0. The molecule has 0 atom stereocenters. The normalized spacial score (nSPS) is 15.2. The van der Waals surface area contributed by atoms with Crippen LogP contribution in [-0.2, 0) is 16.7 Å².